The Morgan fingerprint density at radius 3 is 2.39 bits per heavy atom. The largest absolute Gasteiger partial charge is 0.378 e. The van der Waals surface area contributed by atoms with Gasteiger partial charge in [0, 0.05) is 30.6 Å². The number of hydrogen-bond donors (Lipinski definition) is 1. The Balaban J connectivity index is 1.34. The lowest BCUT2D eigenvalue weighted by Gasteiger charge is -2.31. The van der Waals surface area contributed by atoms with Gasteiger partial charge in [0.1, 0.15) is 0 Å². The van der Waals surface area contributed by atoms with Gasteiger partial charge in [0.25, 0.3) is 5.91 Å². The monoisotopic (exact) mass is 441 g/mol. The molecule has 0 spiro atoms. The zero-order chi connectivity index (χ0) is 21.6. The SMILES string of the molecule is O=C(Nc1ccccc1C(=O)N1CCOCC1)C1CCN(Cc2ccccc2Cl)CC1. The summed E-state index contributed by atoms with van der Waals surface area (Å²) in [6.45, 7) is 4.73. The van der Waals surface area contributed by atoms with E-state index in [4.69, 9.17) is 16.3 Å². The van der Waals surface area contributed by atoms with Gasteiger partial charge >= 0.3 is 0 Å². The molecule has 2 aromatic rings. The molecule has 7 heteroatoms. The van der Waals surface area contributed by atoms with Gasteiger partial charge in [-0.05, 0) is 49.7 Å². The van der Waals surface area contributed by atoms with Crippen LogP contribution in [0.5, 0.6) is 0 Å². The van der Waals surface area contributed by atoms with Gasteiger partial charge in [0.05, 0.1) is 24.5 Å². The van der Waals surface area contributed by atoms with Gasteiger partial charge < -0.3 is 15.0 Å². The molecule has 0 bridgehead atoms. The molecule has 31 heavy (non-hydrogen) atoms. The van der Waals surface area contributed by atoms with E-state index in [-0.39, 0.29) is 17.7 Å². The third kappa shape index (κ3) is 5.45. The predicted molar refractivity (Wildman–Crippen MR) is 121 cm³/mol. The van der Waals surface area contributed by atoms with Crippen LogP contribution in [0.25, 0.3) is 0 Å². The molecule has 2 aromatic carbocycles. The first-order valence-corrected chi connectivity index (χ1v) is 11.2. The number of rotatable bonds is 5. The van der Waals surface area contributed by atoms with Gasteiger partial charge in [-0.3, -0.25) is 14.5 Å². The Hall–Kier alpha value is -2.41. The highest BCUT2D eigenvalue weighted by Crippen LogP contribution is 2.25. The summed E-state index contributed by atoms with van der Waals surface area (Å²) in [5.74, 6) is -0.137. The summed E-state index contributed by atoms with van der Waals surface area (Å²) in [6, 6.07) is 15.1. The second-order valence-electron chi connectivity index (χ2n) is 8.08. The minimum Gasteiger partial charge on any atom is -0.378 e. The Kier molecular flexibility index (Phi) is 7.22. The average Bonchev–Trinajstić information content (AvgIpc) is 2.81. The lowest BCUT2D eigenvalue weighted by molar-refractivity contribution is -0.121. The second-order valence-corrected chi connectivity index (χ2v) is 8.49. The number of ether oxygens (including phenoxy) is 1. The van der Waals surface area contributed by atoms with E-state index in [0.717, 1.165) is 43.1 Å². The van der Waals surface area contributed by atoms with Crippen molar-refractivity contribution in [3.63, 3.8) is 0 Å². The normalized spacial score (nSPS) is 18.0. The lowest BCUT2D eigenvalue weighted by Crippen LogP contribution is -2.41. The minimum absolute atomic E-state index is 0.0142. The van der Waals surface area contributed by atoms with E-state index in [1.807, 2.05) is 36.4 Å². The molecular formula is C24H28ClN3O3. The summed E-state index contributed by atoms with van der Waals surface area (Å²) in [6.07, 6.45) is 1.58. The second kappa shape index (κ2) is 10.3. The quantitative estimate of drug-likeness (QED) is 0.769. The van der Waals surface area contributed by atoms with Crippen molar-refractivity contribution in [2.24, 2.45) is 5.92 Å². The lowest BCUT2D eigenvalue weighted by atomic mass is 9.95. The fourth-order valence-electron chi connectivity index (χ4n) is 4.17. The van der Waals surface area contributed by atoms with E-state index < -0.39 is 0 Å². The summed E-state index contributed by atoms with van der Waals surface area (Å²) >= 11 is 6.28. The fourth-order valence-corrected chi connectivity index (χ4v) is 4.37. The van der Waals surface area contributed by atoms with E-state index in [9.17, 15) is 9.59 Å². The Bertz CT molecular complexity index is 922. The van der Waals surface area contributed by atoms with E-state index in [1.165, 1.54) is 0 Å². The number of nitrogens with one attached hydrogen (secondary N) is 1. The van der Waals surface area contributed by atoms with Crippen molar-refractivity contribution in [2.75, 3.05) is 44.7 Å². The molecule has 0 saturated carbocycles. The highest BCUT2D eigenvalue weighted by atomic mass is 35.5. The van der Waals surface area contributed by atoms with Crippen LogP contribution in [-0.4, -0.2) is 61.0 Å². The van der Waals surface area contributed by atoms with Gasteiger partial charge in [-0.1, -0.05) is 41.9 Å². The molecule has 2 saturated heterocycles. The number of anilines is 1. The highest BCUT2D eigenvalue weighted by molar-refractivity contribution is 6.31. The number of hydrogen-bond acceptors (Lipinski definition) is 4. The molecule has 2 fully saturated rings. The number of halogens is 1. The van der Waals surface area contributed by atoms with Gasteiger partial charge in [-0.25, -0.2) is 0 Å². The molecule has 164 valence electrons. The van der Waals surface area contributed by atoms with E-state index >= 15 is 0 Å². The molecular weight excluding hydrogens is 414 g/mol. The molecule has 2 aliphatic heterocycles. The van der Waals surface area contributed by atoms with Crippen molar-refractivity contribution in [3.8, 4) is 0 Å². The van der Waals surface area contributed by atoms with Crippen molar-refractivity contribution in [1.29, 1.82) is 0 Å². The van der Waals surface area contributed by atoms with Gasteiger partial charge in [0.15, 0.2) is 0 Å². The Morgan fingerprint density at radius 2 is 1.65 bits per heavy atom. The Labute approximate surface area is 188 Å². The molecule has 6 nitrogen and oxygen atoms in total. The van der Waals surface area contributed by atoms with Crippen LogP contribution in [0.15, 0.2) is 48.5 Å². The van der Waals surface area contributed by atoms with Gasteiger partial charge in [0.2, 0.25) is 5.91 Å². The maximum atomic E-state index is 12.9. The molecule has 0 aliphatic carbocycles. The maximum Gasteiger partial charge on any atom is 0.256 e. The number of morpholine rings is 1. The van der Waals surface area contributed by atoms with Crippen LogP contribution in [-0.2, 0) is 16.1 Å². The van der Waals surface area contributed by atoms with E-state index in [0.29, 0.717) is 37.6 Å². The van der Waals surface area contributed by atoms with E-state index in [1.54, 1.807) is 17.0 Å². The molecule has 2 heterocycles. The first-order valence-electron chi connectivity index (χ1n) is 10.8. The predicted octanol–water partition coefficient (Wildman–Crippen LogP) is 3.66. The molecule has 0 aromatic heterocycles. The zero-order valence-corrected chi connectivity index (χ0v) is 18.3. The first-order chi connectivity index (χ1) is 15.1. The van der Waals surface area contributed by atoms with Crippen LogP contribution >= 0.6 is 11.6 Å². The van der Waals surface area contributed by atoms with Crippen molar-refractivity contribution in [2.45, 2.75) is 19.4 Å². The molecule has 2 aliphatic rings. The standard InChI is InChI=1S/C24H28ClN3O3/c25-21-7-3-1-5-19(21)17-27-11-9-18(10-12-27)23(29)26-22-8-4-2-6-20(22)24(30)28-13-15-31-16-14-28/h1-8,18H,9-17H2,(H,26,29). The van der Waals surface area contributed by atoms with Crippen LogP contribution in [0.1, 0.15) is 28.8 Å². The first kappa shape index (κ1) is 21.8. The number of para-hydroxylation sites is 1. The summed E-state index contributed by atoms with van der Waals surface area (Å²) in [7, 11) is 0. The van der Waals surface area contributed by atoms with Crippen LogP contribution in [0.3, 0.4) is 0 Å². The van der Waals surface area contributed by atoms with Crippen LogP contribution in [0.4, 0.5) is 5.69 Å². The topological polar surface area (TPSA) is 61.9 Å². The van der Waals surface area contributed by atoms with Gasteiger partial charge in [-0.15, -0.1) is 0 Å². The fraction of sp³-hybridized carbons (Fsp3) is 0.417. The molecule has 0 unspecified atom stereocenters. The zero-order valence-electron chi connectivity index (χ0n) is 17.6. The van der Waals surface area contributed by atoms with E-state index in [2.05, 4.69) is 10.2 Å². The van der Waals surface area contributed by atoms with Crippen molar-refractivity contribution < 1.29 is 14.3 Å². The molecule has 2 amide bonds. The number of carbonyl (C=O) groups excluding carboxylic acids is 2. The molecule has 1 N–H and O–H groups in total. The average molecular weight is 442 g/mol. The number of benzene rings is 2. The summed E-state index contributed by atoms with van der Waals surface area (Å²) in [5, 5.41) is 3.80. The number of piperidine rings is 1. The van der Waals surface area contributed by atoms with Crippen LogP contribution in [0, 0.1) is 5.92 Å². The Morgan fingerprint density at radius 1 is 0.968 bits per heavy atom. The third-order valence-electron chi connectivity index (χ3n) is 6.02. The molecule has 0 atom stereocenters. The van der Waals surface area contributed by atoms with Crippen molar-refractivity contribution >= 4 is 29.1 Å². The van der Waals surface area contributed by atoms with Crippen LogP contribution < -0.4 is 5.32 Å². The van der Waals surface area contributed by atoms with Gasteiger partial charge in [-0.2, -0.15) is 0 Å². The summed E-state index contributed by atoms with van der Waals surface area (Å²) in [5.41, 5.74) is 2.24. The number of amides is 2. The smallest absolute Gasteiger partial charge is 0.256 e. The number of likely N-dealkylation sites (tertiary alicyclic amines) is 1. The maximum absolute atomic E-state index is 12.9. The minimum atomic E-state index is -0.0613. The highest BCUT2D eigenvalue weighted by Gasteiger charge is 2.27. The third-order valence-corrected chi connectivity index (χ3v) is 6.39. The molecule has 4 rings (SSSR count). The van der Waals surface area contributed by atoms with Crippen LogP contribution in [0.2, 0.25) is 5.02 Å². The van der Waals surface area contributed by atoms with Crippen molar-refractivity contribution in [3.05, 3.63) is 64.7 Å². The number of carbonyl (C=O) groups is 2. The molecule has 0 radical (unpaired) electrons. The summed E-state index contributed by atoms with van der Waals surface area (Å²) in [4.78, 5) is 30.0. The van der Waals surface area contributed by atoms with Crippen molar-refractivity contribution in [1.82, 2.24) is 9.80 Å². The summed E-state index contributed by atoms with van der Waals surface area (Å²) < 4.78 is 5.34. The number of nitrogens with zero attached hydrogens (tertiary/aromatic N) is 2.